The van der Waals surface area contributed by atoms with Crippen LogP contribution in [0.5, 0.6) is 0 Å². The van der Waals surface area contributed by atoms with Gasteiger partial charge in [-0.1, -0.05) is 55.9 Å². The van der Waals surface area contributed by atoms with Crippen LogP contribution < -0.4 is 4.98 Å². The number of amides is 1. The maximum atomic E-state index is 11.9. The summed E-state index contributed by atoms with van der Waals surface area (Å²) < 4.78 is 0. The first kappa shape index (κ1) is 14.1. The number of allylic oxidation sites excluding steroid dienone is 1. The molecule has 1 aromatic carbocycles. The highest BCUT2D eigenvalue weighted by Gasteiger charge is 2.39. The number of carbonyl (C=O) groups excluding carboxylic acids is 1. The first-order valence-electron chi connectivity index (χ1n) is 7.04. The fourth-order valence-electron chi connectivity index (χ4n) is 3.16. The quantitative estimate of drug-likeness (QED) is 0.830. The summed E-state index contributed by atoms with van der Waals surface area (Å²) in [7, 11) is -1.85. The number of fused-ring (bicyclic) bond motifs is 1. The maximum absolute atomic E-state index is 11.9. The second-order valence-electron chi connectivity index (χ2n) is 5.97. The van der Waals surface area contributed by atoms with Crippen LogP contribution in [0.1, 0.15) is 43.4 Å². The molecule has 0 bridgehead atoms. The molecule has 3 heteroatoms. The minimum atomic E-state index is -1.85. The van der Waals surface area contributed by atoms with Crippen molar-refractivity contribution in [3.8, 4) is 0 Å². The fraction of sp³-hybridized carbons (Fsp3) is 0.438. The number of nitrogens with one attached hydrogen (secondary N) is 1. The van der Waals surface area contributed by atoms with Gasteiger partial charge in [0.05, 0.1) is 0 Å². The van der Waals surface area contributed by atoms with Gasteiger partial charge in [0.2, 0.25) is 5.91 Å². The average molecular weight is 273 g/mol. The molecule has 0 aliphatic heterocycles. The van der Waals surface area contributed by atoms with Gasteiger partial charge in [0.1, 0.15) is 0 Å². The van der Waals surface area contributed by atoms with Gasteiger partial charge in [-0.2, -0.15) is 0 Å². The minimum Gasteiger partial charge on any atom is -0.381 e. The highest BCUT2D eigenvalue weighted by Crippen LogP contribution is 2.40. The van der Waals surface area contributed by atoms with E-state index in [0.717, 1.165) is 6.42 Å². The summed E-state index contributed by atoms with van der Waals surface area (Å²) >= 11 is 0. The van der Waals surface area contributed by atoms with Crippen LogP contribution in [0, 0.1) is 0 Å². The molecule has 102 valence electrons. The van der Waals surface area contributed by atoms with E-state index in [1.165, 1.54) is 16.7 Å². The highest BCUT2D eigenvalue weighted by molar-refractivity contribution is 6.79. The fourth-order valence-corrected chi connectivity index (χ4v) is 6.41. The lowest BCUT2D eigenvalue weighted by molar-refractivity contribution is -0.119. The minimum absolute atomic E-state index is 0.205. The van der Waals surface area contributed by atoms with Crippen molar-refractivity contribution < 1.29 is 4.79 Å². The third-order valence-corrected chi connectivity index (χ3v) is 6.94. The molecule has 1 N–H and O–H groups in total. The molecule has 0 heterocycles. The molecule has 1 amide bonds. The first-order chi connectivity index (χ1) is 8.95. The summed E-state index contributed by atoms with van der Waals surface area (Å²) in [5, 5.41) is 0. The zero-order chi connectivity index (χ0) is 14.0. The van der Waals surface area contributed by atoms with E-state index in [-0.39, 0.29) is 5.91 Å². The van der Waals surface area contributed by atoms with Gasteiger partial charge < -0.3 is 4.98 Å². The molecule has 0 radical (unpaired) electrons. The molecule has 1 aliphatic rings. The van der Waals surface area contributed by atoms with Crippen LogP contribution >= 0.6 is 0 Å². The summed E-state index contributed by atoms with van der Waals surface area (Å²) in [5.41, 5.74) is 4.49. The maximum Gasteiger partial charge on any atom is 0.212 e. The second kappa shape index (κ2) is 5.33. The van der Waals surface area contributed by atoms with Gasteiger partial charge in [-0.3, -0.25) is 4.79 Å². The van der Waals surface area contributed by atoms with Crippen LogP contribution in [0.15, 0.2) is 29.8 Å². The molecule has 19 heavy (non-hydrogen) atoms. The number of hydrogen-bond acceptors (Lipinski definition) is 1. The summed E-state index contributed by atoms with van der Waals surface area (Å²) in [6.45, 7) is 8.74. The van der Waals surface area contributed by atoms with E-state index in [9.17, 15) is 4.79 Å². The lowest BCUT2D eigenvalue weighted by atomic mass is 10.1. The van der Waals surface area contributed by atoms with Crippen molar-refractivity contribution in [2.75, 3.05) is 0 Å². The SMILES string of the molecule is CCCC(=O)N[Si](C)(C)C1C(C)=Cc2ccccc21. The van der Waals surface area contributed by atoms with E-state index in [0.29, 0.717) is 12.0 Å². The molecule has 1 aromatic rings. The molecule has 0 aromatic heterocycles. The Morgan fingerprint density at radius 1 is 1.32 bits per heavy atom. The van der Waals surface area contributed by atoms with E-state index < -0.39 is 8.24 Å². The normalized spacial score (nSPS) is 17.9. The van der Waals surface area contributed by atoms with Crippen LogP contribution in [0.3, 0.4) is 0 Å². The van der Waals surface area contributed by atoms with Crippen molar-refractivity contribution in [2.45, 2.75) is 45.3 Å². The van der Waals surface area contributed by atoms with Crippen molar-refractivity contribution in [1.82, 2.24) is 4.98 Å². The Labute approximate surface area is 117 Å². The predicted octanol–water partition coefficient (Wildman–Crippen LogP) is 3.85. The van der Waals surface area contributed by atoms with Crippen LogP contribution in [0.4, 0.5) is 0 Å². The molecule has 1 atom stereocenters. The first-order valence-corrected chi connectivity index (χ1v) is 10.1. The van der Waals surface area contributed by atoms with Crippen molar-refractivity contribution in [3.63, 3.8) is 0 Å². The van der Waals surface area contributed by atoms with Crippen LogP contribution in [-0.4, -0.2) is 14.1 Å². The average Bonchev–Trinajstić information content (AvgIpc) is 2.64. The number of rotatable bonds is 4. The monoisotopic (exact) mass is 273 g/mol. The molecule has 2 rings (SSSR count). The summed E-state index contributed by atoms with van der Waals surface area (Å²) in [6, 6.07) is 8.54. The van der Waals surface area contributed by atoms with Gasteiger partial charge in [-0.15, -0.1) is 0 Å². The van der Waals surface area contributed by atoms with E-state index >= 15 is 0 Å². The molecule has 0 saturated carbocycles. The van der Waals surface area contributed by atoms with Crippen molar-refractivity contribution in [1.29, 1.82) is 0 Å². The summed E-state index contributed by atoms with van der Waals surface area (Å²) in [6.07, 6.45) is 3.81. The summed E-state index contributed by atoms with van der Waals surface area (Å²) in [5.74, 6) is 0.205. The molecule has 2 nitrogen and oxygen atoms in total. The Morgan fingerprint density at radius 3 is 2.68 bits per heavy atom. The van der Waals surface area contributed by atoms with Crippen LogP contribution in [0.25, 0.3) is 6.08 Å². The zero-order valence-corrected chi connectivity index (χ0v) is 13.3. The van der Waals surface area contributed by atoms with Crippen molar-refractivity contribution in [2.24, 2.45) is 0 Å². The van der Waals surface area contributed by atoms with E-state index in [1.807, 2.05) is 6.92 Å². The van der Waals surface area contributed by atoms with Gasteiger partial charge in [-0.25, -0.2) is 0 Å². The van der Waals surface area contributed by atoms with E-state index in [2.05, 4.69) is 55.3 Å². The molecule has 1 aliphatic carbocycles. The standard InChI is InChI=1S/C16H23NOSi/c1-5-8-15(18)17-19(3,4)16-12(2)11-13-9-6-7-10-14(13)16/h6-7,9-11,16H,5,8H2,1-4H3,(H,17,18). The van der Waals surface area contributed by atoms with Crippen molar-refractivity contribution in [3.05, 3.63) is 41.0 Å². The van der Waals surface area contributed by atoms with Crippen molar-refractivity contribution >= 4 is 20.2 Å². The lowest BCUT2D eigenvalue weighted by Crippen LogP contribution is -2.53. The Bertz CT molecular complexity index is 519. The van der Waals surface area contributed by atoms with E-state index in [1.54, 1.807) is 0 Å². The zero-order valence-electron chi connectivity index (χ0n) is 12.3. The second-order valence-corrected chi connectivity index (χ2v) is 10.2. The smallest absolute Gasteiger partial charge is 0.212 e. The Morgan fingerprint density at radius 2 is 2.00 bits per heavy atom. The highest BCUT2D eigenvalue weighted by atomic mass is 28.3. The van der Waals surface area contributed by atoms with E-state index in [4.69, 9.17) is 0 Å². The number of hydrogen-bond donors (Lipinski definition) is 1. The van der Waals surface area contributed by atoms with Gasteiger partial charge in [0.15, 0.2) is 8.24 Å². The lowest BCUT2D eigenvalue weighted by Gasteiger charge is -2.32. The Kier molecular flexibility index (Phi) is 3.95. The van der Waals surface area contributed by atoms with Gasteiger partial charge >= 0.3 is 0 Å². The molecule has 0 saturated heterocycles. The van der Waals surface area contributed by atoms with Gasteiger partial charge in [-0.05, 0) is 24.5 Å². The number of carbonyl (C=O) groups is 1. The predicted molar refractivity (Wildman–Crippen MR) is 83.4 cm³/mol. The molecule has 1 unspecified atom stereocenters. The Hall–Kier alpha value is -1.35. The third kappa shape index (κ3) is 2.81. The number of benzene rings is 1. The van der Waals surface area contributed by atoms with Crippen LogP contribution in [-0.2, 0) is 4.79 Å². The molecule has 0 spiro atoms. The molecular formula is C16H23NOSi. The largest absolute Gasteiger partial charge is 0.381 e. The topological polar surface area (TPSA) is 29.1 Å². The summed E-state index contributed by atoms with van der Waals surface area (Å²) in [4.78, 5) is 15.3. The van der Waals surface area contributed by atoms with Crippen LogP contribution in [0.2, 0.25) is 13.1 Å². The van der Waals surface area contributed by atoms with Gasteiger partial charge in [0, 0.05) is 12.0 Å². The van der Waals surface area contributed by atoms with Gasteiger partial charge in [0.25, 0.3) is 0 Å². The molecular weight excluding hydrogens is 250 g/mol. The molecule has 0 fully saturated rings. The third-order valence-electron chi connectivity index (χ3n) is 3.81. The Balaban J connectivity index is 2.26.